The van der Waals surface area contributed by atoms with Crippen LogP contribution in [-0.2, 0) is 19.7 Å². The maximum Gasteiger partial charge on any atom is 0.254 e. The number of hydrogen-bond donors (Lipinski definition) is 0. The minimum absolute atomic E-state index is 0.115. The number of ether oxygens (including phenoxy) is 1. The molecule has 1 amide bonds. The second-order valence-electron chi connectivity index (χ2n) is 6.08. The van der Waals surface area contributed by atoms with Gasteiger partial charge in [-0.25, -0.2) is 4.39 Å². The summed E-state index contributed by atoms with van der Waals surface area (Å²) in [6.45, 7) is 5.98. The number of nitrogens with zero attached hydrogens (tertiary/aromatic N) is 4. The summed E-state index contributed by atoms with van der Waals surface area (Å²) in [5, 5.41) is 4.43. The van der Waals surface area contributed by atoms with Gasteiger partial charge in [0.1, 0.15) is 12.4 Å². The van der Waals surface area contributed by atoms with Crippen LogP contribution in [0, 0.1) is 5.82 Å². The van der Waals surface area contributed by atoms with Gasteiger partial charge in [-0.15, -0.1) is 5.10 Å². The summed E-state index contributed by atoms with van der Waals surface area (Å²) in [6.07, 6.45) is 3.46. The summed E-state index contributed by atoms with van der Waals surface area (Å²) < 4.78 is 20.6. The lowest BCUT2D eigenvalue weighted by Crippen LogP contribution is -2.38. The molecule has 0 atom stereocenters. The van der Waals surface area contributed by atoms with Gasteiger partial charge in [-0.1, -0.05) is 19.9 Å². The molecular weight excluding hydrogens is 359 g/mol. The third-order valence-corrected chi connectivity index (χ3v) is 4.26. The van der Waals surface area contributed by atoms with Gasteiger partial charge < -0.3 is 9.64 Å². The fraction of sp³-hybridized carbons (Fsp3) is 0.286. The molecule has 7 heteroatoms. The molecule has 0 radical (unpaired) electrons. The van der Waals surface area contributed by atoms with Crippen molar-refractivity contribution in [1.82, 2.24) is 19.7 Å². The number of aromatic nitrogens is 3. The summed E-state index contributed by atoms with van der Waals surface area (Å²) in [5.41, 5.74) is 2.35. The molecule has 1 aliphatic rings. The van der Waals surface area contributed by atoms with E-state index in [2.05, 4.69) is 10.1 Å². The highest BCUT2D eigenvalue weighted by atomic mass is 19.1. The van der Waals surface area contributed by atoms with Gasteiger partial charge in [-0.05, 0) is 30.3 Å². The van der Waals surface area contributed by atoms with E-state index in [9.17, 15) is 9.18 Å². The van der Waals surface area contributed by atoms with Crippen molar-refractivity contribution >= 4 is 5.91 Å². The lowest BCUT2D eigenvalue weighted by atomic mass is 10.1. The van der Waals surface area contributed by atoms with Gasteiger partial charge in [0.05, 0.1) is 18.8 Å². The SMILES string of the molecule is CC.O=C(c1ccc(F)cc1)N1CCn2nc(OCc3cccnc3)cc2C1. The Balaban J connectivity index is 0.00000109. The van der Waals surface area contributed by atoms with Crippen molar-refractivity contribution in [2.24, 2.45) is 0 Å². The number of carbonyl (C=O) groups excluding carboxylic acids is 1. The van der Waals surface area contributed by atoms with E-state index in [4.69, 9.17) is 4.74 Å². The first-order valence-corrected chi connectivity index (χ1v) is 9.32. The van der Waals surface area contributed by atoms with Crippen LogP contribution in [0.5, 0.6) is 5.88 Å². The summed E-state index contributed by atoms with van der Waals surface area (Å²) in [5.74, 6) is 0.0592. The molecule has 0 bridgehead atoms. The lowest BCUT2D eigenvalue weighted by Gasteiger charge is -2.27. The monoisotopic (exact) mass is 382 g/mol. The summed E-state index contributed by atoms with van der Waals surface area (Å²) in [6, 6.07) is 11.2. The molecule has 0 fully saturated rings. The zero-order valence-electron chi connectivity index (χ0n) is 16.0. The summed E-state index contributed by atoms with van der Waals surface area (Å²) >= 11 is 0. The third-order valence-electron chi connectivity index (χ3n) is 4.26. The van der Waals surface area contributed by atoms with Gasteiger partial charge in [0.25, 0.3) is 5.91 Å². The number of fused-ring (bicyclic) bond motifs is 1. The van der Waals surface area contributed by atoms with Crippen molar-refractivity contribution in [2.45, 2.75) is 33.5 Å². The molecule has 4 rings (SSSR count). The Morgan fingerprint density at radius 2 is 1.96 bits per heavy atom. The first-order chi connectivity index (χ1) is 13.7. The number of amides is 1. The number of rotatable bonds is 4. The van der Waals surface area contributed by atoms with Gasteiger partial charge in [-0.3, -0.25) is 14.5 Å². The molecule has 0 saturated heterocycles. The lowest BCUT2D eigenvalue weighted by molar-refractivity contribution is 0.0706. The van der Waals surface area contributed by atoms with Crippen molar-refractivity contribution in [3.05, 3.63) is 77.5 Å². The molecule has 0 N–H and O–H groups in total. The number of benzene rings is 1. The van der Waals surface area contributed by atoms with Crippen LogP contribution in [0.2, 0.25) is 0 Å². The van der Waals surface area contributed by atoms with E-state index in [-0.39, 0.29) is 11.7 Å². The first kappa shape index (κ1) is 19.5. The zero-order valence-corrected chi connectivity index (χ0v) is 16.0. The molecule has 3 aromatic rings. The number of halogens is 1. The molecule has 2 aromatic heterocycles. The van der Waals surface area contributed by atoms with E-state index >= 15 is 0 Å². The van der Waals surface area contributed by atoms with Gasteiger partial charge >= 0.3 is 0 Å². The molecule has 1 aromatic carbocycles. The van der Waals surface area contributed by atoms with Crippen molar-refractivity contribution in [1.29, 1.82) is 0 Å². The van der Waals surface area contributed by atoms with Gasteiger partial charge in [0.2, 0.25) is 5.88 Å². The predicted octanol–water partition coefficient (Wildman–Crippen LogP) is 3.68. The Morgan fingerprint density at radius 1 is 1.18 bits per heavy atom. The highest BCUT2D eigenvalue weighted by Crippen LogP contribution is 2.20. The minimum atomic E-state index is -0.353. The van der Waals surface area contributed by atoms with Crippen LogP contribution in [0.15, 0.2) is 54.9 Å². The van der Waals surface area contributed by atoms with Gasteiger partial charge in [0, 0.05) is 36.1 Å². The van der Waals surface area contributed by atoms with Crippen LogP contribution in [-0.4, -0.2) is 32.1 Å². The maximum absolute atomic E-state index is 13.0. The quantitative estimate of drug-likeness (QED) is 0.691. The topological polar surface area (TPSA) is 60.2 Å². The Kier molecular flexibility index (Phi) is 6.37. The zero-order chi connectivity index (χ0) is 19.9. The average molecular weight is 382 g/mol. The third kappa shape index (κ3) is 4.54. The summed E-state index contributed by atoms with van der Waals surface area (Å²) in [4.78, 5) is 18.4. The second kappa shape index (κ2) is 9.12. The molecule has 0 spiro atoms. The molecule has 0 saturated carbocycles. The Morgan fingerprint density at radius 3 is 2.68 bits per heavy atom. The first-order valence-electron chi connectivity index (χ1n) is 9.32. The van der Waals surface area contributed by atoms with Crippen LogP contribution in [0.3, 0.4) is 0 Å². The fourth-order valence-electron chi connectivity index (χ4n) is 2.90. The van der Waals surface area contributed by atoms with E-state index in [0.29, 0.717) is 37.7 Å². The molecular formula is C21H23FN4O2. The second-order valence-corrected chi connectivity index (χ2v) is 6.08. The fourth-order valence-corrected chi connectivity index (χ4v) is 2.90. The van der Waals surface area contributed by atoms with Crippen molar-refractivity contribution in [3.8, 4) is 5.88 Å². The Hall–Kier alpha value is -3.22. The highest BCUT2D eigenvalue weighted by molar-refractivity contribution is 5.94. The van der Waals surface area contributed by atoms with Crippen LogP contribution in [0.4, 0.5) is 4.39 Å². The number of pyridine rings is 1. The number of carbonyl (C=O) groups is 1. The average Bonchev–Trinajstić information content (AvgIpc) is 3.17. The molecule has 0 aliphatic carbocycles. The Labute approximate surface area is 163 Å². The molecule has 0 unspecified atom stereocenters. The highest BCUT2D eigenvalue weighted by Gasteiger charge is 2.23. The van der Waals surface area contributed by atoms with E-state index in [1.807, 2.05) is 36.7 Å². The van der Waals surface area contributed by atoms with E-state index in [0.717, 1.165) is 11.3 Å². The summed E-state index contributed by atoms with van der Waals surface area (Å²) in [7, 11) is 0. The van der Waals surface area contributed by atoms with Crippen LogP contribution < -0.4 is 4.74 Å². The van der Waals surface area contributed by atoms with Crippen molar-refractivity contribution in [3.63, 3.8) is 0 Å². The minimum Gasteiger partial charge on any atom is -0.472 e. The molecule has 146 valence electrons. The van der Waals surface area contributed by atoms with Gasteiger partial charge in [-0.2, -0.15) is 0 Å². The van der Waals surface area contributed by atoms with Gasteiger partial charge in [0.15, 0.2) is 0 Å². The molecule has 6 nitrogen and oxygen atoms in total. The van der Waals surface area contributed by atoms with E-state index in [1.165, 1.54) is 24.3 Å². The largest absolute Gasteiger partial charge is 0.472 e. The van der Waals surface area contributed by atoms with E-state index < -0.39 is 0 Å². The normalized spacial score (nSPS) is 12.6. The number of hydrogen-bond acceptors (Lipinski definition) is 4. The molecule has 3 heterocycles. The standard InChI is InChI=1S/C19H17FN4O2.C2H6/c20-16-5-3-15(4-6-16)19(25)23-8-9-24-17(12-23)10-18(22-24)26-13-14-2-1-7-21-11-14;1-2/h1-7,10-11H,8-9,12-13H2;1-2H3. The van der Waals surface area contributed by atoms with E-state index in [1.54, 1.807) is 17.3 Å². The van der Waals surface area contributed by atoms with Crippen molar-refractivity contribution in [2.75, 3.05) is 6.54 Å². The molecule has 28 heavy (non-hydrogen) atoms. The van der Waals surface area contributed by atoms with Crippen LogP contribution >= 0.6 is 0 Å². The van der Waals surface area contributed by atoms with Crippen LogP contribution in [0.1, 0.15) is 35.5 Å². The smallest absolute Gasteiger partial charge is 0.254 e. The Bertz CT molecular complexity index is 910. The van der Waals surface area contributed by atoms with Crippen molar-refractivity contribution < 1.29 is 13.9 Å². The maximum atomic E-state index is 13.0. The predicted molar refractivity (Wildman–Crippen MR) is 103 cm³/mol. The molecule has 1 aliphatic heterocycles. The van der Waals surface area contributed by atoms with Crippen LogP contribution in [0.25, 0.3) is 0 Å².